The van der Waals surface area contributed by atoms with Crippen LogP contribution in [0, 0.1) is 12.3 Å². The van der Waals surface area contributed by atoms with Gasteiger partial charge >= 0.3 is 0 Å². The Hall–Kier alpha value is -1.84. The smallest absolute Gasteiger partial charge is 0.253 e. The molecule has 0 bridgehead atoms. The van der Waals surface area contributed by atoms with E-state index in [4.69, 9.17) is 11.6 Å². The largest absolute Gasteiger partial charge is 0.396 e. The molecule has 0 aromatic heterocycles. The summed E-state index contributed by atoms with van der Waals surface area (Å²) in [7, 11) is 0. The molecule has 25 heavy (non-hydrogen) atoms. The van der Waals surface area contributed by atoms with Crippen molar-refractivity contribution in [2.24, 2.45) is 5.41 Å². The fourth-order valence-electron chi connectivity index (χ4n) is 3.73. The minimum atomic E-state index is -0.279. The molecular formula is C21H24ClNO2. The number of aliphatic hydroxyl groups is 1. The first-order valence-corrected chi connectivity index (χ1v) is 9.11. The lowest BCUT2D eigenvalue weighted by Gasteiger charge is -2.42. The Morgan fingerprint density at radius 2 is 2.04 bits per heavy atom. The normalized spacial score (nSPS) is 20.5. The molecule has 2 aromatic rings. The molecule has 1 fully saturated rings. The summed E-state index contributed by atoms with van der Waals surface area (Å²) in [5.74, 6) is -0.00944. The van der Waals surface area contributed by atoms with Gasteiger partial charge < -0.3 is 10.0 Å². The molecule has 0 spiro atoms. The lowest BCUT2D eigenvalue weighted by Crippen LogP contribution is -2.49. The van der Waals surface area contributed by atoms with Crippen LogP contribution in [0.15, 0.2) is 48.5 Å². The summed E-state index contributed by atoms with van der Waals surface area (Å²) in [6, 6.07) is 15.3. The zero-order valence-corrected chi connectivity index (χ0v) is 15.3. The molecule has 4 heteroatoms. The van der Waals surface area contributed by atoms with Crippen LogP contribution in [0.5, 0.6) is 0 Å². The van der Waals surface area contributed by atoms with Gasteiger partial charge in [-0.15, -0.1) is 0 Å². The van der Waals surface area contributed by atoms with Gasteiger partial charge in [0.05, 0.1) is 6.61 Å². The third-order valence-electron chi connectivity index (χ3n) is 5.18. The summed E-state index contributed by atoms with van der Waals surface area (Å²) >= 11 is 6.03. The zero-order chi connectivity index (χ0) is 17.9. The monoisotopic (exact) mass is 357 g/mol. The quantitative estimate of drug-likeness (QED) is 0.894. The van der Waals surface area contributed by atoms with Crippen LogP contribution < -0.4 is 0 Å². The number of piperidine rings is 1. The van der Waals surface area contributed by atoms with Gasteiger partial charge in [0.1, 0.15) is 0 Å². The summed E-state index contributed by atoms with van der Waals surface area (Å²) in [5, 5.41) is 10.7. The lowest BCUT2D eigenvalue weighted by atomic mass is 9.75. The van der Waals surface area contributed by atoms with Crippen molar-refractivity contribution < 1.29 is 9.90 Å². The SMILES string of the molecule is Cc1ccccc1C[C@]1(CO)CCCN(C(=O)c2cccc(Cl)c2)C1. The fourth-order valence-corrected chi connectivity index (χ4v) is 3.92. The van der Waals surface area contributed by atoms with Crippen molar-refractivity contribution in [3.05, 3.63) is 70.2 Å². The number of rotatable bonds is 4. The predicted molar refractivity (Wildman–Crippen MR) is 101 cm³/mol. The maximum Gasteiger partial charge on any atom is 0.253 e. The van der Waals surface area contributed by atoms with Crippen LogP contribution in [0.25, 0.3) is 0 Å². The van der Waals surface area contributed by atoms with Crippen LogP contribution in [0.3, 0.4) is 0 Å². The van der Waals surface area contributed by atoms with Gasteiger partial charge in [0.15, 0.2) is 0 Å². The molecule has 3 nitrogen and oxygen atoms in total. The molecule has 1 heterocycles. The Morgan fingerprint density at radius 3 is 2.76 bits per heavy atom. The second-order valence-corrected chi connectivity index (χ2v) is 7.54. The van der Waals surface area contributed by atoms with Crippen molar-refractivity contribution in [2.45, 2.75) is 26.2 Å². The first-order valence-electron chi connectivity index (χ1n) is 8.73. The van der Waals surface area contributed by atoms with E-state index in [0.717, 1.165) is 25.8 Å². The van der Waals surface area contributed by atoms with Crippen molar-refractivity contribution in [1.82, 2.24) is 4.90 Å². The van der Waals surface area contributed by atoms with E-state index in [0.29, 0.717) is 17.1 Å². The maximum absolute atomic E-state index is 12.9. The van der Waals surface area contributed by atoms with Crippen molar-refractivity contribution in [3.63, 3.8) is 0 Å². The van der Waals surface area contributed by atoms with Gasteiger partial charge in [0.2, 0.25) is 0 Å². The Bertz CT molecular complexity index is 761. The van der Waals surface area contributed by atoms with Crippen molar-refractivity contribution in [2.75, 3.05) is 19.7 Å². The summed E-state index contributed by atoms with van der Waals surface area (Å²) in [6.07, 6.45) is 2.62. The molecule has 0 saturated carbocycles. The number of aryl methyl sites for hydroxylation is 1. The van der Waals surface area contributed by atoms with E-state index >= 15 is 0 Å². The van der Waals surface area contributed by atoms with Crippen molar-refractivity contribution in [3.8, 4) is 0 Å². The Morgan fingerprint density at radius 1 is 1.24 bits per heavy atom. The Labute approximate surface area is 154 Å². The van der Waals surface area contributed by atoms with E-state index in [1.54, 1.807) is 24.3 Å². The average molecular weight is 358 g/mol. The molecule has 0 unspecified atom stereocenters. The van der Waals surface area contributed by atoms with Gasteiger partial charge in [0, 0.05) is 29.1 Å². The molecule has 1 atom stereocenters. The molecule has 3 rings (SSSR count). The van der Waals surface area contributed by atoms with Gasteiger partial charge in [-0.3, -0.25) is 4.79 Å². The first kappa shape index (κ1) is 18.0. The highest BCUT2D eigenvalue weighted by Crippen LogP contribution is 2.34. The second-order valence-electron chi connectivity index (χ2n) is 7.10. The maximum atomic E-state index is 12.9. The van der Waals surface area contributed by atoms with E-state index in [-0.39, 0.29) is 17.9 Å². The number of likely N-dealkylation sites (tertiary alicyclic amines) is 1. The number of benzene rings is 2. The highest BCUT2D eigenvalue weighted by Gasteiger charge is 2.37. The third-order valence-corrected chi connectivity index (χ3v) is 5.42. The third kappa shape index (κ3) is 4.05. The number of halogens is 1. The van der Waals surface area contributed by atoms with E-state index < -0.39 is 0 Å². The molecule has 2 aromatic carbocycles. The Kier molecular flexibility index (Phi) is 5.45. The standard InChI is InChI=1S/C21H24ClNO2/c1-16-6-2-3-7-18(16)13-21(15-24)10-5-11-23(14-21)20(25)17-8-4-9-19(22)12-17/h2-4,6-9,12,24H,5,10-11,13-15H2,1H3/t21-/m1/s1. The summed E-state index contributed by atoms with van der Waals surface area (Å²) < 4.78 is 0. The molecular weight excluding hydrogens is 334 g/mol. The van der Waals surface area contributed by atoms with E-state index in [2.05, 4.69) is 19.1 Å². The number of hydrogen-bond acceptors (Lipinski definition) is 2. The lowest BCUT2D eigenvalue weighted by molar-refractivity contribution is 0.0271. The highest BCUT2D eigenvalue weighted by molar-refractivity contribution is 6.30. The van der Waals surface area contributed by atoms with Crippen LogP contribution in [-0.4, -0.2) is 35.6 Å². The number of carbonyl (C=O) groups is 1. The van der Waals surface area contributed by atoms with Crippen molar-refractivity contribution >= 4 is 17.5 Å². The van der Waals surface area contributed by atoms with Gasteiger partial charge in [-0.2, -0.15) is 0 Å². The van der Waals surface area contributed by atoms with Gasteiger partial charge in [-0.1, -0.05) is 41.9 Å². The van der Waals surface area contributed by atoms with Crippen LogP contribution in [-0.2, 0) is 6.42 Å². The number of hydrogen-bond donors (Lipinski definition) is 1. The molecule has 1 saturated heterocycles. The van der Waals surface area contributed by atoms with E-state index in [1.807, 2.05) is 17.0 Å². The fraction of sp³-hybridized carbons (Fsp3) is 0.381. The minimum absolute atomic E-state index is 0.00944. The van der Waals surface area contributed by atoms with Gasteiger partial charge in [0.25, 0.3) is 5.91 Å². The zero-order valence-electron chi connectivity index (χ0n) is 14.5. The molecule has 1 N–H and O–H groups in total. The van der Waals surface area contributed by atoms with Crippen LogP contribution >= 0.6 is 11.6 Å². The second kappa shape index (κ2) is 7.59. The average Bonchev–Trinajstić information content (AvgIpc) is 2.63. The number of carbonyl (C=O) groups excluding carboxylic acids is 1. The van der Waals surface area contributed by atoms with Crippen LogP contribution in [0.1, 0.15) is 34.3 Å². The highest BCUT2D eigenvalue weighted by atomic mass is 35.5. The molecule has 0 aliphatic carbocycles. The van der Waals surface area contributed by atoms with Gasteiger partial charge in [-0.25, -0.2) is 0 Å². The van der Waals surface area contributed by atoms with Crippen LogP contribution in [0.2, 0.25) is 5.02 Å². The van der Waals surface area contributed by atoms with E-state index in [1.165, 1.54) is 11.1 Å². The number of amides is 1. The summed E-state index contributed by atoms with van der Waals surface area (Å²) in [6.45, 7) is 3.48. The Balaban J connectivity index is 1.80. The number of aliphatic hydroxyl groups excluding tert-OH is 1. The minimum Gasteiger partial charge on any atom is -0.396 e. The topological polar surface area (TPSA) is 40.5 Å². The predicted octanol–water partition coefficient (Wildman–Crippen LogP) is 4.11. The van der Waals surface area contributed by atoms with E-state index in [9.17, 15) is 9.90 Å². The number of nitrogens with zero attached hydrogens (tertiary/aromatic N) is 1. The molecule has 1 amide bonds. The summed E-state index contributed by atoms with van der Waals surface area (Å²) in [5.41, 5.74) is 2.80. The molecule has 0 radical (unpaired) electrons. The molecule has 132 valence electrons. The molecule has 1 aliphatic rings. The van der Waals surface area contributed by atoms with Crippen LogP contribution in [0.4, 0.5) is 0 Å². The van der Waals surface area contributed by atoms with Crippen molar-refractivity contribution in [1.29, 1.82) is 0 Å². The summed E-state index contributed by atoms with van der Waals surface area (Å²) in [4.78, 5) is 14.7. The molecule has 1 aliphatic heterocycles. The van der Waals surface area contributed by atoms with Gasteiger partial charge in [-0.05, 0) is 55.5 Å². The first-order chi connectivity index (χ1) is 12.0.